The molecular weight excluding hydrogens is 268 g/mol. The number of nitrogens with two attached hydrogens (primary N) is 1. The largest absolute Gasteiger partial charge is 0.353 e. The van der Waals surface area contributed by atoms with Crippen LogP contribution in [0.1, 0.15) is 0 Å². The van der Waals surface area contributed by atoms with Gasteiger partial charge in [0, 0.05) is 20.6 Å². The molecule has 0 saturated heterocycles. The van der Waals surface area contributed by atoms with Crippen LogP contribution in [0.3, 0.4) is 0 Å². The number of sulfonamides is 1. The predicted octanol–water partition coefficient (Wildman–Crippen LogP) is -0.709. The molecule has 1 heterocycles. The van der Waals surface area contributed by atoms with Crippen molar-refractivity contribution in [3.05, 3.63) is 5.28 Å². The number of rotatable bonds is 5. The maximum absolute atomic E-state index is 10.7. The molecule has 0 fully saturated rings. The van der Waals surface area contributed by atoms with Crippen molar-refractivity contribution >= 4 is 33.5 Å². The molecule has 0 amide bonds. The second-order valence-electron chi connectivity index (χ2n) is 3.42. The van der Waals surface area contributed by atoms with E-state index >= 15 is 0 Å². The van der Waals surface area contributed by atoms with Crippen molar-refractivity contribution < 1.29 is 8.42 Å². The molecule has 1 aromatic rings. The highest BCUT2D eigenvalue weighted by atomic mass is 35.5. The lowest BCUT2D eigenvalue weighted by molar-refractivity contribution is 0.598. The number of nitrogens with one attached hydrogen (secondary N) is 1. The number of hydrogen-bond acceptors (Lipinski definition) is 7. The lowest BCUT2D eigenvalue weighted by Crippen LogP contribution is -2.23. The van der Waals surface area contributed by atoms with Crippen molar-refractivity contribution in [3.63, 3.8) is 0 Å². The number of anilines is 2. The molecule has 0 spiro atoms. The Labute approximate surface area is 104 Å². The van der Waals surface area contributed by atoms with Gasteiger partial charge < -0.3 is 10.2 Å². The maximum Gasteiger partial charge on any atom is 0.230 e. The Hall–Kier alpha value is -1.19. The van der Waals surface area contributed by atoms with E-state index in [-0.39, 0.29) is 23.5 Å². The molecule has 0 radical (unpaired) electrons. The molecule has 96 valence electrons. The normalized spacial score (nSPS) is 11.3. The van der Waals surface area contributed by atoms with Crippen LogP contribution in [0.15, 0.2) is 0 Å². The van der Waals surface area contributed by atoms with E-state index in [1.807, 2.05) is 0 Å². The highest BCUT2D eigenvalue weighted by Crippen LogP contribution is 2.10. The van der Waals surface area contributed by atoms with Gasteiger partial charge in [-0.05, 0) is 11.6 Å². The molecule has 8 nitrogen and oxygen atoms in total. The monoisotopic (exact) mass is 280 g/mol. The minimum absolute atomic E-state index is 0.0294. The number of hydrogen-bond donors (Lipinski definition) is 2. The Kier molecular flexibility index (Phi) is 4.43. The SMILES string of the molecule is CN(C)c1nc(Cl)nc(NCCS(N)(=O)=O)n1. The Balaban J connectivity index is 2.71. The molecule has 0 atom stereocenters. The van der Waals surface area contributed by atoms with Crippen LogP contribution >= 0.6 is 11.6 Å². The van der Waals surface area contributed by atoms with E-state index in [0.29, 0.717) is 5.95 Å². The van der Waals surface area contributed by atoms with Crippen molar-refractivity contribution in [2.75, 3.05) is 36.6 Å². The fourth-order valence-corrected chi connectivity index (χ4v) is 1.47. The standard InChI is InChI=1S/C7H13ClN6O2S/c1-14(2)7-12-5(8)11-6(13-7)10-3-4-17(9,15)16/h3-4H2,1-2H3,(H2,9,15,16)(H,10,11,12,13). The molecule has 0 aliphatic heterocycles. The van der Waals surface area contributed by atoms with Gasteiger partial charge in [0.1, 0.15) is 0 Å². The molecule has 1 rings (SSSR count). The molecule has 10 heteroatoms. The second kappa shape index (κ2) is 5.43. The zero-order chi connectivity index (χ0) is 13.1. The van der Waals surface area contributed by atoms with Gasteiger partial charge in [0.25, 0.3) is 0 Å². The van der Waals surface area contributed by atoms with E-state index < -0.39 is 10.0 Å². The number of halogens is 1. The summed E-state index contributed by atoms with van der Waals surface area (Å²) >= 11 is 5.69. The smallest absolute Gasteiger partial charge is 0.230 e. The first kappa shape index (κ1) is 13.9. The van der Waals surface area contributed by atoms with E-state index in [4.69, 9.17) is 16.7 Å². The summed E-state index contributed by atoms with van der Waals surface area (Å²) in [6.07, 6.45) is 0. The van der Waals surface area contributed by atoms with Crippen LogP contribution in [-0.2, 0) is 10.0 Å². The fourth-order valence-electron chi connectivity index (χ4n) is 0.924. The van der Waals surface area contributed by atoms with Crippen LogP contribution in [0.2, 0.25) is 5.28 Å². The fraction of sp³-hybridized carbons (Fsp3) is 0.571. The summed E-state index contributed by atoms with van der Waals surface area (Å²) < 4.78 is 21.4. The average molecular weight is 281 g/mol. The van der Waals surface area contributed by atoms with E-state index in [2.05, 4.69) is 20.3 Å². The molecule has 0 aromatic carbocycles. The molecular formula is C7H13ClN6O2S. The Bertz CT molecular complexity index is 491. The number of aromatic nitrogens is 3. The average Bonchev–Trinajstić information content (AvgIpc) is 2.14. The molecule has 0 bridgehead atoms. The summed E-state index contributed by atoms with van der Waals surface area (Å²) in [6.45, 7) is 0.103. The van der Waals surface area contributed by atoms with Crippen molar-refractivity contribution in [3.8, 4) is 0 Å². The van der Waals surface area contributed by atoms with E-state index in [9.17, 15) is 8.42 Å². The molecule has 0 saturated carbocycles. The van der Waals surface area contributed by atoms with Crippen LogP contribution in [0.4, 0.5) is 11.9 Å². The molecule has 3 N–H and O–H groups in total. The van der Waals surface area contributed by atoms with Gasteiger partial charge in [0.05, 0.1) is 5.75 Å². The number of nitrogens with zero attached hydrogens (tertiary/aromatic N) is 4. The van der Waals surface area contributed by atoms with E-state index in [1.165, 1.54) is 0 Å². The van der Waals surface area contributed by atoms with Crippen molar-refractivity contribution in [1.82, 2.24) is 15.0 Å². The van der Waals surface area contributed by atoms with Gasteiger partial charge >= 0.3 is 0 Å². The first-order chi connectivity index (χ1) is 7.78. The predicted molar refractivity (Wildman–Crippen MR) is 65.6 cm³/mol. The minimum atomic E-state index is -3.51. The summed E-state index contributed by atoms with van der Waals surface area (Å²) in [5.41, 5.74) is 0. The summed E-state index contributed by atoms with van der Waals surface area (Å²) in [5, 5.41) is 7.59. The Morgan fingerprint density at radius 3 is 2.53 bits per heavy atom. The zero-order valence-electron chi connectivity index (χ0n) is 9.38. The summed E-state index contributed by atoms with van der Waals surface area (Å²) in [6, 6.07) is 0. The third-order valence-corrected chi connectivity index (χ3v) is 2.61. The third kappa shape index (κ3) is 5.11. The van der Waals surface area contributed by atoms with E-state index in [0.717, 1.165) is 0 Å². The van der Waals surface area contributed by atoms with Crippen LogP contribution < -0.4 is 15.4 Å². The topological polar surface area (TPSA) is 114 Å². The molecule has 17 heavy (non-hydrogen) atoms. The third-order valence-electron chi connectivity index (χ3n) is 1.67. The summed E-state index contributed by atoms with van der Waals surface area (Å²) in [4.78, 5) is 13.4. The Morgan fingerprint density at radius 1 is 1.35 bits per heavy atom. The zero-order valence-corrected chi connectivity index (χ0v) is 11.0. The van der Waals surface area contributed by atoms with Gasteiger partial charge in [0.2, 0.25) is 27.2 Å². The van der Waals surface area contributed by atoms with Crippen molar-refractivity contribution in [1.29, 1.82) is 0 Å². The van der Waals surface area contributed by atoms with Crippen molar-refractivity contribution in [2.45, 2.75) is 0 Å². The quantitative estimate of drug-likeness (QED) is 0.732. The maximum atomic E-state index is 10.7. The highest BCUT2D eigenvalue weighted by molar-refractivity contribution is 7.89. The lowest BCUT2D eigenvalue weighted by atomic mass is 10.7. The first-order valence-electron chi connectivity index (χ1n) is 4.61. The number of primary sulfonamides is 1. The first-order valence-corrected chi connectivity index (χ1v) is 6.70. The van der Waals surface area contributed by atoms with Gasteiger partial charge in [-0.25, -0.2) is 13.6 Å². The van der Waals surface area contributed by atoms with E-state index in [1.54, 1.807) is 19.0 Å². The van der Waals surface area contributed by atoms with Crippen molar-refractivity contribution in [2.24, 2.45) is 5.14 Å². The Morgan fingerprint density at radius 2 is 2.00 bits per heavy atom. The highest BCUT2D eigenvalue weighted by Gasteiger charge is 2.07. The molecule has 1 aromatic heterocycles. The lowest BCUT2D eigenvalue weighted by Gasteiger charge is -2.11. The van der Waals surface area contributed by atoms with Crippen LogP contribution in [0, 0.1) is 0 Å². The van der Waals surface area contributed by atoms with Gasteiger partial charge in [-0.3, -0.25) is 0 Å². The van der Waals surface area contributed by atoms with Gasteiger partial charge in [0.15, 0.2) is 0 Å². The van der Waals surface area contributed by atoms with Crippen LogP contribution in [-0.4, -0.2) is 49.8 Å². The molecule has 0 aliphatic rings. The summed E-state index contributed by atoms with van der Waals surface area (Å²) in [7, 11) is -0.00836. The van der Waals surface area contributed by atoms with Gasteiger partial charge in [-0.15, -0.1) is 0 Å². The molecule has 0 aliphatic carbocycles. The van der Waals surface area contributed by atoms with Crippen LogP contribution in [0.25, 0.3) is 0 Å². The summed E-state index contributed by atoms with van der Waals surface area (Å²) in [5.74, 6) is 0.369. The molecule has 0 unspecified atom stereocenters. The second-order valence-corrected chi connectivity index (χ2v) is 5.49. The minimum Gasteiger partial charge on any atom is -0.353 e. The van der Waals surface area contributed by atoms with Gasteiger partial charge in [-0.1, -0.05) is 0 Å². The van der Waals surface area contributed by atoms with Gasteiger partial charge in [-0.2, -0.15) is 15.0 Å². The van der Waals surface area contributed by atoms with Crippen LogP contribution in [0.5, 0.6) is 0 Å².